The van der Waals surface area contributed by atoms with E-state index in [1.165, 1.54) is 12.1 Å². The average molecular weight is 281 g/mol. The summed E-state index contributed by atoms with van der Waals surface area (Å²) in [6.07, 6.45) is 1.97. The van der Waals surface area contributed by atoms with Crippen LogP contribution in [0, 0.1) is 5.82 Å². The van der Waals surface area contributed by atoms with Crippen LogP contribution in [0.2, 0.25) is 0 Å². The lowest BCUT2D eigenvalue weighted by Crippen LogP contribution is -2.27. The number of carboxylic acids is 1. The number of hydrogen-bond donors (Lipinski definition) is 2. The minimum atomic E-state index is -1.16. The molecule has 0 radical (unpaired) electrons. The molecule has 6 heteroatoms. The summed E-state index contributed by atoms with van der Waals surface area (Å²) in [5.41, 5.74) is 0.282. The molecule has 0 fully saturated rings. The van der Waals surface area contributed by atoms with Crippen LogP contribution in [-0.2, 0) is 9.53 Å². The maximum absolute atomic E-state index is 13.7. The van der Waals surface area contributed by atoms with E-state index in [0.717, 1.165) is 18.2 Å². The maximum atomic E-state index is 13.7. The molecule has 1 amide bonds. The monoisotopic (exact) mass is 281 g/mol. The molecule has 0 saturated heterocycles. The predicted octanol–water partition coefficient (Wildman–Crippen LogP) is 1.69. The summed E-state index contributed by atoms with van der Waals surface area (Å²) < 4.78 is 18.7. The van der Waals surface area contributed by atoms with E-state index in [1.807, 2.05) is 6.92 Å². The van der Waals surface area contributed by atoms with E-state index in [4.69, 9.17) is 9.84 Å². The number of benzene rings is 1. The summed E-state index contributed by atoms with van der Waals surface area (Å²) in [7, 11) is 0. The molecule has 108 valence electrons. The highest BCUT2D eigenvalue weighted by Gasteiger charge is 2.08. The van der Waals surface area contributed by atoms with E-state index < -0.39 is 17.7 Å². The Balaban J connectivity index is 2.66. The molecule has 1 rings (SSSR count). The first-order valence-corrected chi connectivity index (χ1v) is 6.11. The highest BCUT2D eigenvalue weighted by molar-refractivity contribution is 5.94. The predicted molar refractivity (Wildman–Crippen MR) is 71.9 cm³/mol. The van der Waals surface area contributed by atoms with Gasteiger partial charge in [0, 0.05) is 30.4 Å². The summed E-state index contributed by atoms with van der Waals surface area (Å²) in [4.78, 5) is 22.0. The Hall–Kier alpha value is -2.21. The quantitative estimate of drug-likeness (QED) is 0.589. The summed E-state index contributed by atoms with van der Waals surface area (Å²) in [5.74, 6) is -2.22. The second kappa shape index (κ2) is 8.06. The number of nitrogens with one attached hydrogen (secondary N) is 1. The zero-order chi connectivity index (χ0) is 15.0. The van der Waals surface area contributed by atoms with Gasteiger partial charge in [0.25, 0.3) is 5.91 Å². The van der Waals surface area contributed by atoms with E-state index in [-0.39, 0.29) is 11.1 Å². The molecule has 2 N–H and O–H groups in total. The van der Waals surface area contributed by atoms with Gasteiger partial charge in [-0.2, -0.15) is 0 Å². The van der Waals surface area contributed by atoms with Gasteiger partial charge in [0.15, 0.2) is 0 Å². The van der Waals surface area contributed by atoms with E-state index >= 15 is 0 Å². The van der Waals surface area contributed by atoms with Gasteiger partial charge in [0.2, 0.25) is 0 Å². The van der Waals surface area contributed by atoms with E-state index in [2.05, 4.69) is 5.32 Å². The summed E-state index contributed by atoms with van der Waals surface area (Å²) in [6, 6.07) is 3.85. The van der Waals surface area contributed by atoms with Crippen LogP contribution in [0.4, 0.5) is 4.39 Å². The van der Waals surface area contributed by atoms with E-state index in [1.54, 1.807) is 0 Å². The van der Waals surface area contributed by atoms with Crippen molar-refractivity contribution in [3.8, 4) is 0 Å². The van der Waals surface area contributed by atoms with Crippen molar-refractivity contribution < 1.29 is 23.8 Å². The lowest BCUT2D eigenvalue weighted by atomic mass is 10.1. The van der Waals surface area contributed by atoms with E-state index in [0.29, 0.717) is 19.8 Å². The molecule has 0 saturated carbocycles. The highest BCUT2D eigenvalue weighted by atomic mass is 19.1. The van der Waals surface area contributed by atoms with Crippen molar-refractivity contribution in [1.82, 2.24) is 5.32 Å². The van der Waals surface area contributed by atoms with Crippen molar-refractivity contribution in [3.63, 3.8) is 0 Å². The van der Waals surface area contributed by atoms with Crippen LogP contribution < -0.4 is 5.32 Å². The highest BCUT2D eigenvalue weighted by Crippen LogP contribution is 2.12. The molecule has 0 bridgehead atoms. The molecule has 0 aromatic heterocycles. The van der Waals surface area contributed by atoms with Gasteiger partial charge < -0.3 is 15.2 Å². The number of rotatable bonds is 7. The molecular weight excluding hydrogens is 265 g/mol. The Morgan fingerprint density at radius 2 is 2.20 bits per heavy atom. The number of carboxylic acid groups (broad SMARTS) is 1. The van der Waals surface area contributed by atoms with Crippen molar-refractivity contribution in [2.45, 2.75) is 6.92 Å². The fourth-order valence-corrected chi connectivity index (χ4v) is 1.45. The van der Waals surface area contributed by atoms with Crippen LogP contribution in [0.25, 0.3) is 6.08 Å². The first kappa shape index (κ1) is 15.8. The number of aliphatic carboxylic acids is 1. The molecular formula is C14H16FNO4. The standard InChI is InChI=1S/C14H16FNO4/c1-2-20-8-7-16-14(19)11-4-3-10(12(15)9-11)5-6-13(17)18/h3-6,9H,2,7-8H2,1H3,(H,16,19)(H,17,18). The number of ether oxygens (including phenoxy) is 1. The van der Waals surface area contributed by atoms with Crippen molar-refractivity contribution in [3.05, 3.63) is 41.2 Å². The Kier molecular flexibility index (Phi) is 6.39. The van der Waals surface area contributed by atoms with Crippen LogP contribution in [0.15, 0.2) is 24.3 Å². The van der Waals surface area contributed by atoms with Gasteiger partial charge in [0.05, 0.1) is 6.61 Å². The van der Waals surface area contributed by atoms with Crippen LogP contribution in [0.5, 0.6) is 0 Å². The summed E-state index contributed by atoms with van der Waals surface area (Å²) in [6.45, 7) is 3.15. The zero-order valence-electron chi connectivity index (χ0n) is 11.1. The Labute approximate surface area is 116 Å². The zero-order valence-corrected chi connectivity index (χ0v) is 11.1. The lowest BCUT2D eigenvalue weighted by molar-refractivity contribution is -0.131. The largest absolute Gasteiger partial charge is 0.478 e. The van der Waals surface area contributed by atoms with Crippen LogP contribution in [0.1, 0.15) is 22.8 Å². The molecule has 5 nitrogen and oxygen atoms in total. The Bertz CT molecular complexity index is 514. The number of carbonyl (C=O) groups is 2. The molecule has 0 aliphatic heterocycles. The molecule has 0 heterocycles. The van der Waals surface area contributed by atoms with Crippen molar-refractivity contribution in [2.75, 3.05) is 19.8 Å². The SMILES string of the molecule is CCOCCNC(=O)c1ccc(C=CC(=O)O)c(F)c1. The number of amides is 1. The normalized spacial score (nSPS) is 10.7. The first-order chi connectivity index (χ1) is 9.54. The third kappa shape index (κ3) is 5.19. The molecule has 0 aliphatic rings. The molecule has 0 aliphatic carbocycles. The number of halogens is 1. The smallest absolute Gasteiger partial charge is 0.328 e. The molecule has 0 atom stereocenters. The van der Waals surface area contributed by atoms with Gasteiger partial charge in [-0.3, -0.25) is 4.79 Å². The third-order valence-corrected chi connectivity index (χ3v) is 2.40. The fourth-order valence-electron chi connectivity index (χ4n) is 1.45. The average Bonchev–Trinajstić information content (AvgIpc) is 2.41. The second-order valence-electron chi connectivity index (χ2n) is 3.86. The van der Waals surface area contributed by atoms with Crippen molar-refractivity contribution in [2.24, 2.45) is 0 Å². The molecule has 1 aromatic rings. The first-order valence-electron chi connectivity index (χ1n) is 6.11. The maximum Gasteiger partial charge on any atom is 0.328 e. The molecule has 0 unspecified atom stereocenters. The third-order valence-electron chi connectivity index (χ3n) is 2.40. The molecule has 20 heavy (non-hydrogen) atoms. The number of hydrogen-bond acceptors (Lipinski definition) is 3. The summed E-state index contributed by atoms with van der Waals surface area (Å²) in [5, 5.41) is 11.1. The van der Waals surface area contributed by atoms with Crippen molar-refractivity contribution in [1.29, 1.82) is 0 Å². The lowest BCUT2D eigenvalue weighted by Gasteiger charge is -2.06. The van der Waals surface area contributed by atoms with Gasteiger partial charge in [-0.1, -0.05) is 6.07 Å². The van der Waals surface area contributed by atoms with E-state index in [9.17, 15) is 14.0 Å². The minimum absolute atomic E-state index is 0.110. The van der Waals surface area contributed by atoms with Crippen LogP contribution in [-0.4, -0.2) is 36.7 Å². The van der Waals surface area contributed by atoms with Gasteiger partial charge in [0.1, 0.15) is 5.82 Å². The van der Waals surface area contributed by atoms with Gasteiger partial charge in [-0.15, -0.1) is 0 Å². The van der Waals surface area contributed by atoms with Crippen LogP contribution in [0.3, 0.4) is 0 Å². The summed E-state index contributed by atoms with van der Waals surface area (Å²) >= 11 is 0. The molecule has 1 aromatic carbocycles. The van der Waals surface area contributed by atoms with Gasteiger partial charge in [-0.25, -0.2) is 9.18 Å². The van der Waals surface area contributed by atoms with Gasteiger partial charge in [-0.05, 0) is 25.1 Å². The van der Waals surface area contributed by atoms with Gasteiger partial charge >= 0.3 is 5.97 Å². The van der Waals surface area contributed by atoms with Crippen molar-refractivity contribution >= 4 is 18.0 Å². The Morgan fingerprint density at radius 3 is 2.80 bits per heavy atom. The number of carbonyl (C=O) groups excluding carboxylic acids is 1. The topological polar surface area (TPSA) is 75.6 Å². The fraction of sp³-hybridized carbons (Fsp3) is 0.286. The Morgan fingerprint density at radius 1 is 1.45 bits per heavy atom. The van der Waals surface area contributed by atoms with Crippen LogP contribution >= 0.6 is 0 Å². The minimum Gasteiger partial charge on any atom is -0.478 e. The molecule has 0 spiro atoms. The second-order valence-corrected chi connectivity index (χ2v) is 3.86.